The Morgan fingerprint density at radius 1 is 0.513 bits per heavy atom. The van der Waals surface area contributed by atoms with Gasteiger partial charge in [-0.25, -0.2) is 9.97 Å². The molecule has 1 aliphatic heterocycles. The number of hydrogen-bond acceptors (Lipinski definition) is 4. The van der Waals surface area contributed by atoms with Crippen LogP contribution in [0.5, 0.6) is 0 Å². The van der Waals surface area contributed by atoms with Gasteiger partial charge in [-0.15, -0.1) is 0 Å². The fourth-order valence-electron chi connectivity index (χ4n) is 4.83. The van der Waals surface area contributed by atoms with Crippen LogP contribution in [0.15, 0.2) is 115 Å². The van der Waals surface area contributed by atoms with E-state index in [4.69, 9.17) is 19.3 Å². The Kier molecular flexibility index (Phi) is 6.42. The summed E-state index contributed by atoms with van der Waals surface area (Å²) in [6, 6.07) is 39.3. The van der Waals surface area contributed by atoms with Gasteiger partial charge in [-0.2, -0.15) is 0 Å². The van der Waals surface area contributed by atoms with Crippen molar-refractivity contribution < 1.29 is 9.31 Å². The van der Waals surface area contributed by atoms with Crippen molar-refractivity contribution in [2.24, 2.45) is 0 Å². The SMILES string of the molecule is CC1(C)OB(c2ccc(-c3cc(-c4ccccc4)nc(-c4ccccc4)n3)c(-c3ccccc3)c2)OC1(C)C. The Morgan fingerprint density at radius 2 is 1.03 bits per heavy atom. The zero-order valence-corrected chi connectivity index (χ0v) is 22.8. The summed E-state index contributed by atoms with van der Waals surface area (Å²) in [5.74, 6) is 0.695. The number of aromatic nitrogens is 2. The van der Waals surface area contributed by atoms with Crippen molar-refractivity contribution in [3.63, 3.8) is 0 Å². The summed E-state index contributed by atoms with van der Waals surface area (Å²) in [6.07, 6.45) is 0. The number of hydrogen-bond donors (Lipinski definition) is 0. The van der Waals surface area contributed by atoms with Crippen molar-refractivity contribution in [3.05, 3.63) is 115 Å². The predicted molar refractivity (Wildman–Crippen MR) is 159 cm³/mol. The van der Waals surface area contributed by atoms with E-state index in [9.17, 15) is 0 Å². The number of benzene rings is 4. The lowest BCUT2D eigenvalue weighted by atomic mass is 9.76. The lowest BCUT2D eigenvalue weighted by molar-refractivity contribution is 0.00578. The zero-order valence-electron chi connectivity index (χ0n) is 22.8. The second-order valence-electron chi connectivity index (χ2n) is 11.0. The molecule has 0 saturated carbocycles. The minimum Gasteiger partial charge on any atom is -0.399 e. The molecule has 5 heteroatoms. The van der Waals surface area contributed by atoms with Gasteiger partial charge in [0.15, 0.2) is 5.82 Å². The molecule has 0 atom stereocenters. The van der Waals surface area contributed by atoms with Crippen LogP contribution in [0.2, 0.25) is 0 Å². The first-order chi connectivity index (χ1) is 18.8. The maximum Gasteiger partial charge on any atom is 0.494 e. The van der Waals surface area contributed by atoms with Gasteiger partial charge in [0.05, 0.1) is 22.6 Å². The van der Waals surface area contributed by atoms with Gasteiger partial charge in [-0.1, -0.05) is 109 Å². The van der Waals surface area contributed by atoms with E-state index in [0.29, 0.717) is 5.82 Å². The Balaban J connectivity index is 1.53. The second-order valence-corrected chi connectivity index (χ2v) is 11.0. The molecule has 192 valence electrons. The van der Waals surface area contributed by atoms with Crippen LogP contribution < -0.4 is 5.46 Å². The number of rotatable bonds is 5. The van der Waals surface area contributed by atoms with Gasteiger partial charge < -0.3 is 9.31 Å². The molecule has 6 rings (SSSR count). The fourth-order valence-corrected chi connectivity index (χ4v) is 4.83. The van der Waals surface area contributed by atoms with Crippen LogP contribution >= 0.6 is 0 Å². The average molecular weight is 510 g/mol. The van der Waals surface area contributed by atoms with Crippen LogP contribution in [-0.2, 0) is 9.31 Å². The molecule has 0 N–H and O–H groups in total. The van der Waals surface area contributed by atoms with Crippen LogP contribution in [-0.4, -0.2) is 28.3 Å². The van der Waals surface area contributed by atoms with Crippen molar-refractivity contribution >= 4 is 12.6 Å². The molecule has 0 amide bonds. The highest BCUT2D eigenvalue weighted by molar-refractivity contribution is 6.62. The quantitative estimate of drug-likeness (QED) is 0.231. The van der Waals surface area contributed by atoms with E-state index in [2.05, 4.69) is 88.4 Å². The Bertz CT molecular complexity index is 1530. The third-order valence-corrected chi connectivity index (χ3v) is 7.76. The minimum atomic E-state index is -0.448. The second kappa shape index (κ2) is 9.92. The van der Waals surface area contributed by atoms with Crippen molar-refractivity contribution in [1.82, 2.24) is 9.97 Å². The van der Waals surface area contributed by atoms with Gasteiger partial charge in [-0.3, -0.25) is 0 Å². The van der Waals surface area contributed by atoms with E-state index in [1.54, 1.807) is 0 Å². The Hall–Kier alpha value is -4.06. The number of nitrogens with zero attached hydrogens (tertiary/aromatic N) is 2. The molecule has 5 aromatic rings. The van der Waals surface area contributed by atoms with Crippen LogP contribution in [0, 0.1) is 0 Å². The first-order valence-electron chi connectivity index (χ1n) is 13.4. The molecular weight excluding hydrogens is 479 g/mol. The summed E-state index contributed by atoms with van der Waals surface area (Å²) in [4.78, 5) is 10.0. The summed E-state index contributed by atoms with van der Waals surface area (Å²) in [6.45, 7) is 8.32. The van der Waals surface area contributed by atoms with Crippen LogP contribution in [0.1, 0.15) is 27.7 Å². The van der Waals surface area contributed by atoms with E-state index in [1.807, 2.05) is 54.6 Å². The molecular formula is C34H31BN2O2. The molecule has 1 fully saturated rings. The van der Waals surface area contributed by atoms with Crippen molar-refractivity contribution in [3.8, 4) is 45.0 Å². The first kappa shape index (κ1) is 25.2. The first-order valence-corrected chi connectivity index (χ1v) is 13.4. The fraction of sp³-hybridized carbons (Fsp3) is 0.176. The summed E-state index contributed by atoms with van der Waals surface area (Å²) in [5, 5.41) is 0. The van der Waals surface area contributed by atoms with Gasteiger partial charge in [0.1, 0.15) is 0 Å². The molecule has 4 nitrogen and oxygen atoms in total. The lowest BCUT2D eigenvalue weighted by Gasteiger charge is -2.32. The highest BCUT2D eigenvalue weighted by atomic mass is 16.7. The average Bonchev–Trinajstić information content (AvgIpc) is 3.20. The van der Waals surface area contributed by atoms with E-state index < -0.39 is 18.3 Å². The normalized spacial score (nSPS) is 15.8. The van der Waals surface area contributed by atoms with Crippen LogP contribution in [0.4, 0.5) is 0 Å². The molecule has 0 bridgehead atoms. The van der Waals surface area contributed by atoms with Crippen molar-refractivity contribution in [2.75, 3.05) is 0 Å². The standard InChI is InChI=1S/C34H31BN2O2/c1-33(2)34(3,4)39-35(38-33)27-20-21-28(29(22-27)24-14-8-5-9-15-24)31-23-30(25-16-10-6-11-17-25)36-32(37-31)26-18-12-7-13-19-26/h5-23H,1-4H3. The molecule has 39 heavy (non-hydrogen) atoms. The predicted octanol–water partition coefficient (Wildman–Crippen LogP) is 7.44. The largest absolute Gasteiger partial charge is 0.494 e. The lowest BCUT2D eigenvalue weighted by Crippen LogP contribution is -2.41. The van der Waals surface area contributed by atoms with Crippen LogP contribution in [0.25, 0.3) is 45.0 Å². The molecule has 2 heterocycles. The minimum absolute atomic E-state index is 0.412. The van der Waals surface area contributed by atoms with E-state index in [0.717, 1.165) is 44.7 Å². The monoisotopic (exact) mass is 510 g/mol. The molecule has 0 aliphatic carbocycles. The third kappa shape index (κ3) is 4.92. The topological polar surface area (TPSA) is 44.2 Å². The Morgan fingerprint density at radius 3 is 1.62 bits per heavy atom. The zero-order chi connectivity index (χ0) is 27.0. The summed E-state index contributed by atoms with van der Waals surface area (Å²) >= 11 is 0. The molecule has 1 aromatic heterocycles. The summed E-state index contributed by atoms with van der Waals surface area (Å²) in [5.41, 5.74) is 7.13. The van der Waals surface area contributed by atoms with Crippen molar-refractivity contribution in [1.29, 1.82) is 0 Å². The van der Waals surface area contributed by atoms with Crippen molar-refractivity contribution in [2.45, 2.75) is 38.9 Å². The smallest absolute Gasteiger partial charge is 0.399 e. The summed E-state index contributed by atoms with van der Waals surface area (Å²) in [7, 11) is -0.448. The van der Waals surface area contributed by atoms with E-state index >= 15 is 0 Å². The third-order valence-electron chi connectivity index (χ3n) is 7.76. The highest BCUT2D eigenvalue weighted by Crippen LogP contribution is 2.38. The van der Waals surface area contributed by atoms with Gasteiger partial charge in [-0.05, 0) is 50.4 Å². The Labute approximate surface area is 230 Å². The molecule has 1 aliphatic rings. The maximum absolute atomic E-state index is 6.39. The molecule has 1 saturated heterocycles. The van der Waals surface area contributed by atoms with Gasteiger partial charge in [0.25, 0.3) is 0 Å². The van der Waals surface area contributed by atoms with E-state index in [1.165, 1.54) is 0 Å². The van der Waals surface area contributed by atoms with E-state index in [-0.39, 0.29) is 0 Å². The highest BCUT2D eigenvalue weighted by Gasteiger charge is 2.51. The van der Waals surface area contributed by atoms with Gasteiger partial charge in [0.2, 0.25) is 0 Å². The molecule has 4 aromatic carbocycles. The maximum atomic E-state index is 6.39. The molecule has 0 unspecified atom stereocenters. The van der Waals surface area contributed by atoms with Gasteiger partial charge in [0, 0.05) is 16.7 Å². The molecule has 0 radical (unpaired) electrons. The summed E-state index contributed by atoms with van der Waals surface area (Å²) < 4.78 is 12.8. The molecule has 0 spiro atoms. The van der Waals surface area contributed by atoms with Gasteiger partial charge >= 0.3 is 7.12 Å². The van der Waals surface area contributed by atoms with Crippen LogP contribution in [0.3, 0.4) is 0 Å².